The first-order valence-electron chi connectivity index (χ1n) is 7.75. The van der Waals surface area contributed by atoms with E-state index in [1.807, 2.05) is 44.4 Å². The van der Waals surface area contributed by atoms with Crippen LogP contribution < -0.4 is 0 Å². The maximum atomic E-state index is 12.2. The zero-order chi connectivity index (χ0) is 17.7. The fourth-order valence-corrected chi connectivity index (χ4v) is 3.21. The van der Waals surface area contributed by atoms with E-state index in [0.717, 1.165) is 23.2 Å². The monoisotopic (exact) mass is 344 g/mol. The minimum absolute atomic E-state index is 0.302. The summed E-state index contributed by atoms with van der Waals surface area (Å²) in [5.41, 5.74) is 3.21. The molecule has 0 saturated heterocycles. The van der Waals surface area contributed by atoms with Gasteiger partial charge >= 0.3 is 0 Å². The molecule has 0 aliphatic rings. The van der Waals surface area contributed by atoms with Gasteiger partial charge in [0.25, 0.3) is 0 Å². The van der Waals surface area contributed by atoms with Gasteiger partial charge < -0.3 is 4.90 Å². The molecule has 2 rings (SSSR count). The Morgan fingerprint density at radius 1 is 0.875 bits per heavy atom. The molecule has 5 heteroatoms. The molecule has 0 N–H and O–H groups in total. The molecule has 0 amide bonds. The Kier molecular flexibility index (Phi) is 5.94. The summed E-state index contributed by atoms with van der Waals surface area (Å²) in [5, 5.41) is 0. The third-order valence-electron chi connectivity index (χ3n) is 3.69. The van der Waals surface area contributed by atoms with Crippen LogP contribution in [0.5, 0.6) is 0 Å². The normalized spacial score (nSPS) is 12.8. The van der Waals surface area contributed by atoms with Crippen molar-refractivity contribution in [3.05, 3.63) is 71.8 Å². The molecule has 128 valence electrons. The molecule has 0 aliphatic carbocycles. The number of hydrogen-bond acceptors (Lipinski definition) is 3. The highest BCUT2D eigenvalue weighted by Gasteiger charge is 2.17. The summed E-state index contributed by atoms with van der Waals surface area (Å²) in [6, 6.07) is 17.2. The lowest BCUT2D eigenvalue weighted by atomic mass is 9.97. The van der Waals surface area contributed by atoms with Crippen molar-refractivity contribution in [2.24, 2.45) is 0 Å². The smallest absolute Gasteiger partial charge is 0.242 e. The third kappa shape index (κ3) is 4.32. The van der Waals surface area contributed by atoms with Gasteiger partial charge in [0.2, 0.25) is 10.0 Å². The molecule has 0 saturated carbocycles. The van der Waals surface area contributed by atoms with Crippen LogP contribution in [0.15, 0.2) is 65.6 Å². The fraction of sp³-hybridized carbons (Fsp3) is 0.263. The summed E-state index contributed by atoms with van der Waals surface area (Å²) < 4.78 is 25.6. The van der Waals surface area contributed by atoms with Crippen LogP contribution in [0.2, 0.25) is 0 Å². The second kappa shape index (κ2) is 7.75. The Balaban J connectivity index is 2.43. The summed E-state index contributed by atoms with van der Waals surface area (Å²) in [4.78, 5) is 2.39. The molecule has 0 bridgehead atoms. The lowest BCUT2D eigenvalue weighted by molar-refractivity contribution is 0.457. The standard InChI is InChI=1S/C19H24N2O2S/c1-20(2)15-14-19(16-8-6-5-7-9-16)17-10-12-18(13-11-17)24(22,23)21(3)4/h5-14H,15H2,1-4H3/b19-14+. The molecule has 0 heterocycles. The van der Waals surface area contributed by atoms with Gasteiger partial charge in [-0.25, -0.2) is 12.7 Å². The van der Waals surface area contributed by atoms with Crippen LogP contribution in [0, 0.1) is 0 Å². The second-order valence-electron chi connectivity index (χ2n) is 6.06. The molecule has 2 aromatic carbocycles. The topological polar surface area (TPSA) is 40.6 Å². The summed E-state index contributed by atoms with van der Waals surface area (Å²) >= 11 is 0. The Morgan fingerprint density at radius 2 is 1.42 bits per heavy atom. The Morgan fingerprint density at radius 3 is 1.92 bits per heavy atom. The van der Waals surface area contributed by atoms with Crippen LogP contribution in [0.25, 0.3) is 5.57 Å². The maximum absolute atomic E-state index is 12.2. The summed E-state index contributed by atoms with van der Waals surface area (Å²) in [5.74, 6) is 0. The molecule has 0 spiro atoms. The van der Waals surface area contributed by atoms with Crippen molar-refractivity contribution in [1.29, 1.82) is 0 Å². The van der Waals surface area contributed by atoms with Crippen molar-refractivity contribution in [2.75, 3.05) is 34.7 Å². The molecule has 0 atom stereocenters. The predicted molar refractivity (Wildman–Crippen MR) is 99.4 cm³/mol. The second-order valence-corrected chi connectivity index (χ2v) is 8.21. The molecule has 4 nitrogen and oxygen atoms in total. The van der Waals surface area contributed by atoms with Gasteiger partial charge in [0.05, 0.1) is 4.90 Å². The van der Waals surface area contributed by atoms with Crippen LogP contribution in [0.4, 0.5) is 0 Å². The van der Waals surface area contributed by atoms with Gasteiger partial charge in [-0.15, -0.1) is 0 Å². The lowest BCUT2D eigenvalue weighted by Gasteiger charge is -2.14. The number of likely N-dealkylation sites (N-methyl/N-ethyl adjacent to an activating group) is 1. The van der Waals surface area contributed by atoms with Gasteiger partial charge in [0, 0.05) is 20.6 Å². The van der Waals surface area contributed by atoms with Crippen molar-refractivity contribution in [2.45, 2.75) is 4.90 Å². The van der Waals surface area contributed by atoms with E-state index in [4.69, 9.17) is 0 Å². The quantitative estimate of drug-likeness (QED) is 0.809. The molecule has 0 unspecified atom stereocenters. The molecule has 0 aromatic heterocycles. The number of benzene rings is 2. The van der Waals surface area contributed by atoms with Gasteiger partial charge in [-0.3, -0.25) is 0 Å². The number of nitrogens with zero attached hydrogens (tertiary/aromatic N) is 2. The van der Waals surface area contributed by atoms with Crippen LogP contribution in [-0.4, -0.2) is 52.4 Å². The van der Waals surface area contributed by atoms with E-state index in [0.29, 0.717) is 4.90 Å². The minimum Gasteiger partial charge on any atom is -0.306 e. The minimum atomic E-state index is -3.40. The molecule has 2 aromatic rings. The number of hydrogen-bond donors (Lipinski definition) is 0. The molecular weight excluding hydrogens is 320 g/mol. The summed E-state index contributed by atoms with van der Waals surface area (Å²) in [7, 11) is 3.71. The van der Waals surface area contributed by atoms with Gasteiger partial charge in [-0.05, 0) is 42.9 Å². The Labute approximate surface area is 145 Å². The van der Waals surface area contributed by atoms with Gasteiger partial charge in [0.15, 0.2) is 0 Å². The molecular formula is C19H24N2O2S. The van der Waals surface area contributed by atoms with Gasteiger partial charge in [-0.2, -0.15) is 0 Å². The van der Waals surface area contributed by atoms with E-state index in [2.05, 4.69) is 23.1 Å². The first kappa shape index (κ1) is 18.4. The molecule has 24 heavy (non-hydrogen) atoms. The van der Waals surface area contributed by atoms with Crippen LogP contribution in [0.3, 0.4) is 0 Å². The zero-order valence-corrected chi connectivity index (χ0v) is 15.4. The fourth-order valence-electron chi connectivity index (χ4n) is 2.31. The van der Waals surface area contributed by atoms with Crippen molar-refractivity contribution >= 4 is 15.6 Å². The predicted octanol–water partition coefficient (Wildman–Crippen LogP) is 2.93. The highest BCUT2D eigenvalue weighted by atomic mass is 32.2. The molecule has 0 fully saturated rings. The average Bonchev–Trinajstić information content (AvgIpc) is 2.56. The number of sulfonamides is 1. The average molecular weight is 344 g/mol. The molecule has 0 radical (unpaired) electrons. The van der Waals surface area contributed by atoms with E-state index in [9.17, 15) is 8.42 Å². The van der Waals surface area contributed by atoms with Crippen molar-refractivity contribution in [1.82, 2.24) is 9.21 Å². The Hall–Kier alpha value is -1.95. The van der Waals surface area contributed by atoms with E-state index < -0.39 is 10.0 Å². The third-order valence-corrected chi connectivity index (χ3v) is 5.52. The maximum Gasteiger partial charge on any atom is 0.242 e. The molecule has 0 aliphatic heterocycles. The van der Waals surface area contributed by atoms with Crippen LogP contribution >= 0.6 is 0 Å². The van der Waals surface area contributed by atoms with Crippen LogP contribution in [-0.2, 0) is 10.0 Å². The first-order valence-corrected chi connectivity index (χ1v) is 9.19. The Bertz CT molecular complexity index is 793. The summed E-state index contributed by atoms with van der Waals surface area (Å²) in [6.45, 7) is 0.808. The zero-order valence-electron chi connectivity index (χ0n) is 14.6. The largest absolute Gasteiger partial charge is 0.306 e. The van der Waals surface area contributed by atoms with Gasteiger partial charge in [0.1, 0.15) is 0 Å². The SMILES string of the molecule is CN(C)C/C=C(\c1ccccc1)c1ccc(S(=O)(=O)N(C)C)cc1. The first-order chi connectivity index (χ1) is 11.3. The van der Waals surface area contributed by atoms with Crippen LogP contribution in [0.1, 0.15) is 11.1 Å². The van der Waals surface area contributed by atoms with E-state index >= 15 is 0 Å². The highest BCUT2D eigenvalue weighted by molar-refractivity contribution is 7.89. The lowest BCUT2D eigenvalue weighted by Crippen LogP contribution is -2.22. The van der Waals surface area contributed by atoms with E-state index in [-0.39, 0.29) is 0 Å². The van der Waals surface area contributed by atoms with E-state index in [1.165, 1.54) is 18.4 Å². The summed E-state index contributed by atoms with van der Waals surface area (Å²) in [6.07, 6.45) is 2.16. The van der Waals surface area contributed by atoms with Crippen molar-refractivity contribution < 1.29 is 8.42 Å². The van der Waals surface area contributed by atoms with Crippen molar-refractivity contribution in [3.8, 4) is 0 Å². The van der Waals surface area contributed by atoms with Crippen molar-refractivity contribution in [3.63, 3.8) is 0 Å². The van der Waals surface area contributed by atoms with E-state index in [1.54, 1.807) is 12.1 Å². The number of rotatable bonds is 6. The highest BCUT2D eigenvalue weighted by Crippen LogP contribution is 2.25. The van der Waals surface area contributed by atoms with Gasteiger partial charge in [-0.1, -0.05) is 48.5 Å².